The van der Waals surface area contributed by atoms with E-state index in [-0.39, 0.29) is 5.82 Å². The maximum atomic E-state index is 13.9. The van der Waals surface area contributed by atoms with Gasteiger partial charge in [0.25, 0.3) is 0 Å². The highest BCUT2D eigenvalue weighted by atomic mass is 31.0. The zero-order valence-corrected chi connectivity index (χ0v) is 14.5. The number of benzene rings is 3. The third-order valence-electron chi connectivity index (χ3n) is 4.33. The lowest BCUT2D eigenvalue weighted by Gasteiger charge is -2.16. The van der Waals surface area contributed by atoms with Gasteiger partial charge in [-0.25, -0.2) is 4.39 Å². The molecule has 4 aromatic rings. The van der Waals surface area contributed by atoms with Gasteiger partial charge in [-0.1, -0.05) is 48.5 Å². The van der Waals surface area contributed by atoms with Crippen LogP contribution in [-0.4, -0.2) is 4.57 Å². The predicted octanol–water partition coefficient (Wildman–Crippen LogP) is 5.25. The fraction of sp³-hybridized carbons (Fsp3) is 0.0476. The van der Waals surface area contributed by atoms with E-state index < -0.39 is 0 Å². The van der Waals surface area contributed by atoms with Crippen LogP contribution in [0.1, 0.15) is 5.56 Å². The molecule has 0 aliphatic rings. The van der Waals surface area contributed by atoms with Gasteiger partial charge in [0.15, 0.2) is 0 Å². The molecule has 0 aliphatic carbocycles. The van der Waals surface area contributed by atoms with Crippen LogP contribution in [0.4, 0.5) is 4.39 Å². The van der Waals surface area contributed by atoms with Gasteiger partial charge in [-0.15, -0.1) is 9.24 Å². The molecule has 3 heteroatoms. The molecule has 0 bridgehead atoms. The molecule has 118 valence electrons. The van der Waals surface area contributed by atoms with Crippen LogP contribution in [0.3, 0.4) is 0 Å². The average molecular weight is 333 g/mol. The third kappa shape index (κ3) is 2.44. The molecule has 0 spiro atoms. The summed E-state index contributed by atoms with van der Waals surface area (Å²) in [7, 11) is 2.80. The van der Waals surface area contributed by atoms with Gasteiger partial charge in [-0.2, -0.15) is 0 Å². The van der Waals surface area contributed by atoms with Crippen molar-refractivity contribution in [3.63, 3.8) is 0 Å². The molecule has 24 heavy (non-hydrogen) atoms. The largest absolute Gasteiger partial charge is 0.308 e. The summed E-state index contributed by atoms with van der Waals surface area (Å²) in [5, 5.41) is 2.12. The van der Waals surface area contributed by atoms with Crippen LogP contribution in [0.2, 0.25) is 0 Å². The zero-order chi connectivity index (χ0) is 16.7. The molecule has 3 aromatic carbocycles. The fourth-order valence-electron chi connectivity index (χ4n) is 3.22. The number of fused-ring (bicyclic) bond motifs is 1. The standard InChI is InChI=1S/C21H17FNP/c1-14-6-5-9-20(24)21(14)23-18(15-7-3-2-4-8-15)12-16-10-11-17(22)13-19(16)23/h2-13H,24H2,1H3. The molecule has 0 saturated carbocycles. The van der Waals surface area contributed by atoms with Crippen molar-refractivity contribution in [3.05, 3.63) is 84.2 Å². The number of aryl methyl sites for hydroxylation is 1. The smallest absolute Gasteiger partial charge is 0.125 e. The highest BCUT2D eigenvalue weighted by Crippen LogP contribution is 2.33. The Balaban J connectivity index is 2.14. The highest BCUT2D eigenvalue weighted by molar-refractivity contribution is 7.27. The molecule has 0 aliphatic heterocycles. The van der Waals surface area contributed by atoms with Crippen molar-refractivity contribution in [3.8, 4) is 16.9 Å². The van der Waals surface area contributed by atoms with Crippen LogP contribution in [0.15, 0.2) is 72.8 Å². The van der Waals surface area contributed by atoms with Crippen LogP contribution in [0.5, 0.6) is 0 Å². The van der Waals surface area contributed by atoms with Crippen LogP contribution < -0.4 is 5.30 Å². The van der Waals surface area contributed by atoms with Crippen molar-refractivity contribution in [2.24, 2.45) is 0 Å². The normalized spacial score (nSPS) is 11.1. The van der Waals surface area contributed by atoms with Gasteiger partial charge in [0.05, 0.1) is 16.9 Å². The van der Waals surface area contributed by atoms with Crippen LogP contribution in [0, 0.1) is 12.7 Å². The lowest BCUT2D eigenvalue weighted by Crippen LogP contribution is -2.09. The zero-order valence-electron chi connectivity index (χ0n) is 13.3. The first-order valence-electron chi connectivity index (χ1n) is 7.87. The quantitative estimate of drug-likeness (QED) is 0.442. The van der Waals surface area contributed by atoms with Gasteiger partial charge in [0.1, 0.15) is 5.82 Å². The minimum Gasteiger partial charge on any atom is -0.308 e. The third-order valence-corrected chi connectivity index (χ3v) is 4.79. The Morgan fingerprint density at radius 1 is 0.875 bits per heavy atom. The average Bonchev–Trinajstić information content (AvgIpc) is 2.94. The summed E-state index contributed by atoms with van der Waals surface area (Å²) in [4.78, 5) is 0. The van der Waals surface area contributed by atoms with Crippen LogP contribution in [0.25, 0.3) is 27.8 Å². The van der Waals surface area contributed by atoms with Gasteiger partial charge in [0.2, 0.25) is 0 Å². The van der Waals surface area contributed by atoms with Gasteiger partial charge < -0.3 is 4.57 Å². The second-order valence-electron chi connectivity index (χ2n) is 5.95. The molecular weight excluding hydrogens is 316 g/mol. The summed E-state index contributed by atoms with van der Waals surface area (Å²) in [6, 6.07) is 23.5. The summed E-state index contributed by atoms with van der Waals surface area (Å²) >= 11 is 0. The van der Waals surface area contributed by atoms with E-state index in [2.05, 4.69) is 51.1 Å². The number of nitrogens with zero attached hydrogens (tertiary/aromatic N) is 1. The van der Waals surface area contributed by atoms with Crippen molar-refractivity contribution in [2.75, 3.05) is 0 Å². The van der Waals surface area contributed by atoms with E-state index in [0.29, 0.717) is 0 Å². The molecule has 1 nitrogen and oxygen atoms in total. The first-order chi connectivity index (χ1) is 11.6. The number of rotatable bonds is 2. The molecular formula is C21H17FNP. The Kier molecular flexibility index (Phi) is 3.70. The van der Waals surface area contributed by atoms with Crippen molar-refractivity contribution < 1.29 is 4.39 Å². The van der Waals surface area contributed by atoms with E-state index in [9.17, 15) is 4.39 Å². The number of hydrogen-bond donors (Lipinski definition) is 0. The lowest BCUT2D eigenvalue weighted by atomic mass is 10.1. The highest BCUT2D eigenvalue weighted by Gasteiger charge is 2.16. The number of para-hydroxylation sites is 1. The van der Waals surface area contributed by atoms with Crippen LogP contribution >= 0.6 is 9.24 Å². The summed E-state index contributed by atoms with van der Waals surface area (Å²) in [6.07, 6.45) is 0. The van der Waals surface area contributed by atoms with E-state index in [1.165, 1.54) is 6.07 Å². The number of aromatic nitrogens is 1. The van der Waals surface area contributed by atoms with E-state index in [1.807, 2.05) is 30.3 Å². The minimum absolute atomic E-state index is 0.222. The Morgan fingerprint density at radius 3 is 2.42 bits per heavy atom. The second-order valence-corrected chi connectivity index (χ2v) is 6.57. The Morgan fingerprint density at radius 2 is 1.67 bits per heavy atom. The molecule has 1 aromatic heterocycles. The Labute approximate surface area is 143 Å². The fourth-order valence-corrected chi connectivity index (χ4v) is 3.69. The molecule has 1 atom stereocenters. The number of halogens is 1. The van der Waals surface area contributed by atoms with E-state index in [4.69, 9.17) is 0 Å². The van der Waals surface area contributed by atoms with Gasteiger partial charge >= 0.3 is 0 Å². The van der Waals surface area contributed by atoms with Gasteiger partial charge in [0, 0.05) is 5.39 Å². The summed E-state index contributed by atoms with van der Waals surface area (Å²) in [6.45, 7) is 2.09. The van der Waals surface area contributed by atoms with E-state index in [0.717, 1.165) is 38.7 Å². The molecule has 0 fully saturated rings. The first-order valence-corrected chi connectivity index (χ1v) is 8.45. The number of hydrogen-bond acceptors (Lipinski definition) is 0. The summed E-state index contributed by atoms with van der Waals surface area (Å²) in [5.74, 6) is -0.222. The molecule has 0 amide bonds. The molecule has 1 heterocycles. The molecule has 1 unspecified atom stereocenters. The second kappa shape index (κ2) is 5.89. The summed E-state index contributed by atoms with van der Waals surface area (Å²) < 4.78 is 16.1. The molecule has 4 rings (SSSR count). The predicted molar refractivity (Wildman–Crippen MR) is 103 cm³/mol. The lowest BCUT2D eigenvalue weighted by molar-refractivity contribution is 0.629. The monoisotopic (exact) mass is 333 g/mol. The minimum atomic E-state index is -0.222. The molecule has 0 saturated heterocycles. The van der Waals surface area contributed by atoms with Gasteiger partial charge in [-0.05, 0) is 47.6 Å². The first kappa shape index (κ1) is 15.1. The van der Waals surface area contributed by atoms with E-state index >= 15 is 0 Å². The SMILES string of the molecule is Cc1cccc(P)c1-n1c(-c2ccccc2)cc2ccc(F)cc21. The maximum Gasteiger partial charge on any atom is 0.125 e. The van der Waals surface area contributed by atoms with Crippen molar-refractivity contribution in [2.45, 2.75) is 6.92 Å². The topological polar surface area (TPSA) is 4.93 Å². The Bertz CT molecular complexity index is 1010. The molecule has 0 N–H and O–H groups in total. The van der Waals surface area contributed by atoms with E-state index in [1.54, 1.807) is 6.07 Å². The maximum absolute atomic E-state index is 13.9. The summed E-state index contributed by atoms with van der Waals surface area (Å²) in [5.41, 5.74) is 5.30. The van der Waals surface area contributed by atoms with Crippen molar-refractivity contribution >= 4 is 25.4 Å². The van der Waals surface area contributed by atoms with Crippen LogP contribution in [-0.2, 0) is 0 Å². The molecule has 0 radical (unpaired) electrons. The van der Waals surface area contributed by atoms with Crippen molar-refractivity contribution in [1.82, 2.24) is 4.57 Å². The van der Waals surface area contributed by atoms with Crippen molar-refractivity contribution in [1.29, 1.82) is 0 Å². The Hall–Kier alpha value is -2.44. The van der Waals surface area contributed by atoms with Gasteiger partial charge in [-0.3, -0.25) is 0 Å².